The van der Waals surface area contributed by atoms with E-state index in [-0.39, 0.29) is 53.1 Å². The Bertz CT molecular complexity index is 391. The van der Waals surface area contributed by atoms with Gasteiger partial charge in [-0.1, -0.05) is 35.6 Å². The molecule has 0 aromatic carbocycles. The fourth-order valence-corrected chi connectivity index (χ4v) is 3.63. The summed E-state index contributed by atoms with van der Waals surface area (Å²) in [5.74, 6) is -0.714. The molecule has 0 spiro atoms. The van der Waals surface area contributed by atoms with Gasteiger partial charge in [0.25, 0.3) is 0 Å². The van der Waals surface area contributed by atoms with Gasteiger partial charge in [0.1, 0.15) is 0 Å². The monoisotopic (exact) mass is 599 g/mol. The van der Waals surface area contributed by atoms with Gasteiger partial charge >= 0.3 is 26.7 Å². The lowest BCUT2D eigenvalue weighted by Crippen LogP contribution is -2.40. The first-order chi connectivity index (χ1) is 14.4. The molecule has 0 atom stereocenters. The number of carbonyl (C=O) groups excluding carboxylic acids is 2. The largest absolute Gasteiger partial charge is 0.498 e. The van der Waals surface area contributed by atoms with Crippen molar-refractivity contribution in [2.75, 3.05) is 49.2 Å². The van der Waals surface area contributed by atoms with E-state index in [1.165, 1.54) is 41.3 Å². The summed E-state index contributed by atoms with van der Waals surface area (Å²) in [6.45, 7) is 2.98. The van der Waals surface area contributed by atoms with E-state index in [0.717, 1.165) is 20.8 Å². The lowest BCUT2D eigenvalue weighted by molar-refractivity contribution is -0.141. The van der Waals surface area contributed by atoms with Crippen molar-refractivity contribution in [1.82, 2.24) is 0 Å². The fourth-order valence-electron chi connectivity index (χ4n) is 1.20. The SMILES string of the molecule is C.C.C.CCCCN.CO.CO.COC(=O)CC[Si](Cl)(Cl)Cl.COC(=O)CC[Si](O)(OC)OC. The first-order valence-corrected chi connectivity index (χ1v) is 16.3. The van der Waals surface area contributed by atoms with Gasteiger partial charge in [0.05, 0.1) is 14.2 Å². The number of carbonyl (C=O) groups is 2. The van der Waals surface area contributed by atoms with E-state index in [1.807, 2.05) is 0 Å². The average molecular weight is 601 g/mol. The maximum atomic E-state index is 10.7. The summed E-state index contributed by atoms with van der Waals surface area (Å²) >= 11 is 16.5. The zero-order valence-corrected chi connectivity index (χ0v) is 23.7. The molecule has 0 saturated carbocycles. The number of aliphatic hydroxyl groups is 2. The lowest BCUT2D eigenvalue weighted by atomic mass is 10.3. The molecule has 0 amide bonds. The van der Waals surface area contributed by atoms with Crippen molar-refractivity contribution in [3.63, 3.8) is 0 Å². The first kappa shape index (κ1) is 54.8. The molecule has 0 unspecified atom stereocenters. The zero-order chi connectivity index (χ0) is 25.9. The first-order valence-electron chi connectivity index (χ1n) is 9.07. The Balaban J connectivity index is -0.0000000466. The molecular formula is C19H52Cl3NO9Si2. The molecule has 0 aromatic rings. The van der Waals surface area contributed by atoms with Crippen LogP contribution in [0.25, 0.3) is 0 Å². The van der Waals surface area contributed by atoms with Crippen molar-refractivity contribution in [1.29, 1.82) is 0 Å². The van der Waals surface area contributed by atoms with E-state index in [9.17, 15) is 14.4 Å². The van der Waals surface area contributed by atoms with Crippen LogP contribution in [0.2, 0.25) is 12.1 Å². The van der Waals surface area contributed by atoms with E-state index < -0.39 is 14.8 Å². The van der Waals surface area contributed by atoms with Gasteiger partial charge in [-0.2, -0.15) is 0 Å². The van der Waals surface area contributed by atoms with Crippen LogP contribution in [0, 0.1) is 0 Å². The van der Waals surface area contributed by atoms with Crippen molar-refractivity contribution in [2.45, 2.75) is 67.0 Å². The Kier molecular flexibility index (Phi) is 64.7. The summed E-state index contributed by atoms with van der Waals surface area (Å²) in [5.41, 5.74) is 5.14. The minimum absolute atomic E-state index is 0. The Morgan fingerprint density at radius 1 is 0.794 bits per heavy atom. The molecule has 0 aliphatic heterocycles. The molecule has 15 heteroatoms. The Hall–Kier alpha value is 0.00377. The summed E-state index contributed by atoms with van der Waals surface area (Å²) < 4.78 is 18.2. The van der Waals surface area contributed by atoms with Crippen LogP contribution in [0.4, 0.5) is 0 Å². The highest BCUT2D eigenvalue weighted by molar-refractivity contribution is 7.64. The van der Waals surface area contributed by atoms with Crippen LogP contribution in [0.1, 0.15) is 54.9 Å². The third-order valence-corrected chi connectivity index (χ3v) is 7.58. The van der Waals surface area contributed by atoms with Gasteiger partial charge in [0.15, 0.2) is 0 Å². The van der Waals surface area contributed by atoms with Gasteiger partial charge < -0.3 is 39.1 Å². The number of esters is 2. The predicted molar refractivity (Wildman–Crippen MR) is 149 cm³/mol. The van der Waals surface area contributed by atoms with Crippen LogP contribution in [-0.4, -0.2) is 91.0 Å². The normalized spacial score (nSPS) is 8.88. The number of nitrogens with two attached hydrogens (primary N) is 1. The van der Waals surface area contributed by atoms with E-state index in [4.69, 9.17) is 58.0 Å². The smallest absolute Gasteiger partial charge is 0.469 e. The summed E-state index contributed by atoms with van der Waals surface area (Å²) in [6, 6.07) is -2.11. The van der Waals surface area contributed by atoms with Crippen molar-refractivity contribution in [3.05, 3.63) is 0 Å². The summed E-state index contributed by atoms with van der Waals surface area (Å²) in [7, 11) is 4.23. The van der Waals surface area contributed by atoms with Gasteiger partial charge in [-0.15, -0.1) is 33.2 Å². The molecule has 216 valence electrons. The third-order valence-electron chi connectivity index (χ3n) is 2.91. The van der Waals surface area contributed by atoms with E-state index >= 15 is 0 Å². The number of rotatable bonds is 10. The van der Waals surface area contributed by atoms with Crippen molar-refractivity contribution in [2.24, 2.45) is 5.73 Å². The van der Waals surface area contributed by atoms with Gasteiger partial charge in [0, 0.05) is 47.3 Å². The highest BCUT2D eigenvalue weighted by atomic mass is 35.8. The van der Waals surface area contributed by atoms with Crippen LogP contribution in [-0.2, 0) is 27.9 Å². The van der Waals surface area contributed by atoms with E-state index in [1.54, 1.807) is 0 Å². The number of halogens is 3. The standard InChI is InChI=1S/C6H14O5Si.C4H7Cl3O2Si.C4H11N.2CH4O.3CH4/c1-9-6(7)4-5-12(8,10-2)11-3;1-9-4(8)2-3-10(5,6)7;1-2-3-4-5;2*1-2;;;/h8H,4-5H2,1-3H3;2-3H2,1H3;2-5H2,1H3;2*2H,1H3;3*1H4. The maximum absolute atomic E-state index is 10.7. The van der Waals surface area contributed by atoms with Gasteiger partial charge in [-0.25, -0.2) is 0 Å². The second-order valence-electron chi connectivity index (χ2n) is 5.03. The molecule has 0 radical (unpaired) electrons. The topological polar surface area (TPSA) is 158 Å². The number of hydrogen-bond donors (Lipinski definition) is 4. The van der Waals surface area contributed by atoms with Gasteiger partial charge in [0.2, 0.25) is 0 Å². The van der Waals surface area contributed by atoms with Gasteiger partial charge in [-0.3, -0.25) is 9.59 Å². The van der Waals surface area contributed by atoms with Crippen molar-refractivity contribution >= 4 is 60.0 Å². The lowest BCUT2D eigenvalue weighted by Gasteiger charge is -2.18. The second-order valence-corrected chi connectivity index (χ2v) is 17.1. The highest BCUT2D eigenvalue weighted by Crippen LogP contribution is 2.26. The molecule has 0 aromatic heterocycles. The summed E-state index contributed by atoms with van der Waals surface area (Å²) in [4.78, 5) is 30.6. The Morgan fingerprint density at radius 3 is 1.29 bits per heavy atom. The Morgan fingerprint density at radius 2 is 1.12 bits per heavy atom. The van der Waals surface area contributed by atoms with E-state index in [2.05, 4.69) is 16.4 Å². The number of aliphatic hydroxyl groups excluding tert-OH is 2. The number of unbranched alkanes of at least 4 members (excludes halogenated alkanes) is 1. The quantitative estimate of drug-likeness (QED) is 0.165. The van der Waals surface area contributed by atoms with Crippen LogP contribution >= 0.6 is 33.2 Å². The van der Waals surface area contributed by atoms with Crippen LogP contribution in [0.15, 0.2) is 0 Å². The highest BCUT2D eigenvalue weighted by Gasteiger charge is 2.34. The van der Waals surface area contributed by atoms with Crippen LogP contribution < -0.4 is 5.73 Å². The average Bonchev–Trinajstić information content (AvgIpc) is 2.79. The fraction of sp³-hybridized carbons (Fsp3) is 0.895. The van der Waals surface area contributed by atoms with E-state index in [0.29, 0.717) is 6.04 Å². The molecule has 0 aliphatic carbocycles. The Labute approximate surface area is 224 Å². The minimum Gasteiger partial charge on any atom is -0.469 e. The molecule has 0 heterocycles. The molecule has 34 heavy (non-hydrogen) atoms. The maximum Gasteiger partial charge on any atom is 0.498 e. The number of ether oxygens (including phenoxy) is 2. The molecule has 0 aliphatic rings. The van der Waals surface area contributed by atoms with Crippen LogP contribution in [0.3, 0.4) is 0 Å². The molecular weight excluding hydrogens is 549 g/mol. The molecule has 5 N–H and O–H groups in total. The molecule has 0 bridgehead atoms. The predicted octanol–water partition coefficient (Wildman–Crippen LogP) is 3.85. The molecule has 10 nitrogen and oxygen atoms in total. The summed E-state index contributed by atoms with van der Waals surface area (Å²) in [6.07, 6.45) is 2.69. The summed E-state index contributed by atoms with van der Waals surface area (Å²) in [5, 5.41) is 14.0. The number of methoxy groups -OCH3 is 2. The third kappa shape index (κ3) is 53.4. The molecule has 0 saturated heterocycles. The second kappa shape index (κ2) is 40.2. The minimum atomic E-state index is -3.08. The van der Waals surface area contributed by atoms with Crippen LogP contribution in [0.5, 0.6) is 0 Å². The van der Waals surface area contributed by atoms with Crippen molar-refractivity contribution in [3.8, 4) is 0 Å². The zero-order valence-electron chi connectivity index (χ0n) is 19.5. The molecule has 0 fully saturated rings. The molecule has 0 rings (SSSR count). The van der Waals surface area contributed by atoms with Gasteiger partial charge in [-0.05, 0) is 19.0 Å². The number of hydrogen-bond acceptors (Lipinski definition) is 10. The van der Waals surface area contributed by atoms with Crippen molar-refractivity contribution < 1.29 is 42.9 Å².